The van der Waals surface area contributed by atoms with Crippen LogP contribution in [0.15, 0.2) is 53.5 Å². The Kier molecular flexibility index (Phi) is 5.43. The molecule has 0 atom stereocenters. The summed E-state index contributed by atoms with van der Waals surface area (Å²) in [5.41, 5.74) is 1.82. The fraction of sp³-hybridized carbons (Fsp3) is 0.238. The minimum absolute atomic E-state index is 0.215. The lowest BCUT2D eigenvalue weighted by Gasteiger charge is -2.27. The fourth-order valence-corrected chi connectivity index (χ4v) is 3.59. The number of carbonyl (C=O) groups excluding carboxylic acids is 1. The van der Waals surface area contributed by atoms with E-state index in [1.54, 1.807) is 24.4 Å². The third kappa shape index (κ3) is 3.94. The SMILES string of the molecule is O=C(Nc1cc2cc[nH]c(=O)c2cc1Cl)c1ccccc1CN1CCOCC1. The number of rotatable bonds is 4. The highest BCUT2D eigenvalue weighted by Gasteiger charge is 2.17. The molecule has 1 aromatic heterocycles. The van der Waals surface area contributed by atoms with Crippen molar-refractivity contribution in [1.82, 2.24) is 9.88 Å². The molecule has 1 amide bonds. The molecule has 2 aromatic carbocycles. The second-order valence-corrected chi connectivity index (χ2v) is 7.13. The molecule has 0 bridgehead atoms. The van der Waals surface area contributed by atoms with Crippen molar-refractivity contribution < 1.29 is 9.53 Å². The number of amides is 1. The summed E-state index contributed by atoms with van der Waals surface area (Å²) < 4.78 is 5.39. The van der Waals surface area contributed by atoms with Crippen molar-refractivity contribution in [2.45, 2.75) is 6.54 Å². The Labute approximate surface area is 167 Å². The number of carbonyl (C=O) groups is 1. The molecule has 0 saturated carbocycles. The number of fused-ring (bicyclic) bond motifs is 1. The summed E-state index contributed by atoms with van der Waals surface area (Å²) in [6.45, 7) is 3.80. The summed E-state index contributed by atoms with van der Waals surface area (Å²) in [5.74, 6) is -0.227. The zero-order chi connectivity index (χ0) is 19.5. The van der Waals surface area contributed by atoms with Crippen LogP contribution in [0.2, 0.25) is 5.02 Å². The third-order valence-electron chi connectivity index (χ3n) is 4.87. The Bertz CT molecular complexity index is 1070. The Balaban J connectivity index is 1.59. The second kappa shape index (κ2) is 8.14. The van der Waals surface area contributed by atoms with Crippen LogP contribution < -0.4 is 10.9 Å². The lowest BCUT2D eigenvalue weighted by molar-refractivity contribution is 0.0341. The van der Waals surface area contributed by atoms with Gasteiger partial charge in [0, 0.05) is 36.8 Å². The summed E-state index contributed by atoms with van der Waals surface area (Å²) in [4.78, 5) is 29.7. The monoisotopic (exact) mass is 397 g/mol. The highest BCUT2D eigenvalue weighted by Crippen LogP contribution is 2.27. The summed E-state index contributed by atoms with van der Waals surface area (Å²) in [7, 11) is 0. The number of benzene rings is 2. The minimum atomic E-state index is -0.227. The minimum Gasteiger partial charge on any atom is -0.379 e. The zero-order valence-corrected chi connectivity index (χ0v) is 16.0. The number of hydrogen-bond donors (Lipinski definition) is 2. The van der Waals surface area contributed by atoms with Crippen LogP contribution in [0.3, 0.4) is 0 Å². The number of hydrogen-bond acceptors (Lipinski definition) is 4. The summed E-state index contributed by atoms with van der Waals surface area (Å²) in [6, 6.07) is 12.6. The molecule has 7 heteroatoms. The number of anilines is 1. The maximum absolute atomic E-state index is 13.0. The van der Waals surface area contributed by atoms with E-state index in [-0.39, 0.29) is 11.5 Å². The van der Waals surface area contributed by atoms with E-state index in [4.69, 9.17) is 16.3 Å². The maximum Gasteiger partial charge on any atom is 0.256 e. The van der Waals surface area contributed by atoms with Crippen LogP contribution in [0.5, 0.6) is 0 Å². The molecule has 3 aromatic rings. The van der Waals surface area contributed by atoms with Crippen molar-refractivity contribution in [3.8, 4) is 0 Å². The van der Waals surface area contributed by atoms with Crippen LogP contribution in [0.1, 0.15) is 15.9 Å². The molecule has 1 aliphatic rings. The van der Waals surface area contributed by atoms with E-state index < -0.39 is 0 Å². The number of morpholine rings is 1. The topological polar surface area (TPSA) is 74.4 Å². The lowest BCUT2D eigenvalue weighted by atomic mass is 10.1. The normalized spacial score (nSPS) is 14.9. The van der Waals surface area contributed by atoms with Crippen LogP contribution in [0.25, 0.3) is 10.8 Å². The molecular formula is C21H20ClN3O3. The molecule has 4 rings (SSSR count). The molecule has 28 heavy (non-hydrogen) atoms. The van der Waals surface area contributed by atoms with Gasteiger partial charge in [-0.3, -0.25) is 14.5 Å². The lowest BCUT2D eigenvalue weighted by Crippen LogP contribution is -2.36. The first-order chi connectivity index (χ1) is 13.6. The summed E-state index contributed by atoms with van der Waals surface area (Å²) >= 11 is 6.31. The largest absolute Gasteiger partial charge is 0.379 e. The molecule has 0 spiro atoms. The van der Waals surface area contributed by atoms with E-state index in [1.165, 1.54) is 0 Å². The van der Waals surface area contributed by atoms with Gasteiger partial charge in [-0.05, 0) is 35.2 Å². The van der Waals surface area contributed by atoms with E-state index in [2.05, 4.69) is 15.2 Å². The van der Waals surface area contributed by atoms with Gasteiger partial charge in [0.15, 0.2) is 0 Å². The Morgan fingerprint density at radius 3 is 2.79 bits per heavy atom. The van der Waals surface area contributed by atoms with Gasteiger partial charge >= 0.3 is 0 Å². The third-order valence-corrected chi connectivity index (χ3v) is 5.18. The Morgan fingerprint density at radius 1 is 1.18 bits per heavy atom. The molecule has 0 radical (unpaired) electrons. The standard InChI is InChI=1S/C21H20ClN3O3/c22-18-12-17-14(5-6-23-20(17)26)11-19(18)24-21(27)16-4-2-1-3-15(16)13-25-7-9-28-10-8-25/h1-6,11-12H,7-10,13H2,(H,23,26)(H,24,27). The van der Waals surface area contributed by atoms with E-state index in [0.29, 0.717) is 46.8 Å². The Hall–Kier alpha value is -2.67. The zero-order valence-electron chi connectivity index (χ0n) is 15.2. The highest BCUT2D eigenvalue weighted by molar-refractivity contribution is 6.34. The highest BCUT2D eigenvalue weighted by atomic mass is 35.5. The van der Waals surface area contributed by atoms with Gasteiger partial charge in [-0.2, -0.15) is 0 Å². The van der Waals surface area contributed by atoms with Gasteiger partial charge in [-0.1, -0.05) is 29.8 Å². The number of aromatic nitrogens is 1. The molecule has 0 unspecified atom stereocenters. The smallest absolute Gasteiger partial charge is 0.256 e. The van der Waals surface area contributed by atoms with E-state index >= 15 is 0 Å². The predicted octanol–water partition coefficient (Wildman–Crippen LogP) is 3.27. The van der Waals surface area contributed by atoms with Gasteiger partial charge in [0.25, 0.3) is 11.5 Å². The van der Waals surface area contributed by atoms with Gasteiger partial charge in [0.05, 0.1) is 23.9 Å². The number of nitrogens with zero attached hydrogens (tertiary/aromatic N) is 1. The molecule has 1 fully saturated rings. The number of H-pyrrole nitrogens is 1. The molecule has 1 aliphatic heterocycles. The molecule has 6 nitrogen and oxygen atoms in total. The first-order valence-electron chi connectivity index (χ1n) is 9.12. The van der Waals surface area contributed by atoms with Gasteiger partial charge in [-0.25, -0.2) is 0 Å². The van der Waals surface area contributed by atoms with Gasteiger partial charge in [0.1, 0.15) is 0 Å². The average molecular weight is 398 g/mol. The van der Waals surface area contributed by atoms with Gasteiger partial charge in [-0.15, -0.1) is 0 Å². The molecule has 2 heterocycles. The molecule has 1 saturated heterocycles. The quantitative estimate of drug-likeness (QED) is 0.708. The fourth-order valence-electron chi connectivity index (χ4n) is 3.37. The number of halogens is 1. The van der Waals surface area contributed by atoms with Crippen LogP contribution >= 0.6 is 11.6 Å². The molecule has 2 N–H and O–H groups in total. The average Bonchev–Trinajstić information content (AvgIpc) is 2.70. The molecular weight excluding hydrogens is 378 g/mol. The van der Waals surface area contributed by atoms with Crippen molar-refractivity contribution >= 4 is 34.0 Å². The Morgan fingerprint density at radius 2 is 1.96 bits per heavy atom. The summed E-state index contributed by atoms with van der Waals surface area (Å²) in [6.07, 6.45) is 1.57. The molecule has 0 aliphatic carbocycles. The maximum atomic E-state index is 13.0. The van der Waals surface area contributed by atoms with Crippen LogP contribution in [0.4, 0.5) is 5.69 Å². The van der Waals surface area contributed by atoms with Crippen molar-refractivity contribution in [3.05, 3.63) is 75.2 Å². The second-order valence-electron chi connectivity index (χ2n) is 6.73. The number of pyridine rings is 1. The van der Waals surface area contributed by atoms with Gasteiger partial charge < -0.3 is 15.0 Å². The van der Waals surface area contributed by atoms with E-state index in [0.717, 1.165) is 18.7 Å². The first kappa shape index (κ1) is 18.7. The van der Waals surface area contributed by atoms with Crippen molar-refractivity contribution in [2.24, 2.45) is 0 Å². The molecule has 144 valence electrons. The van der Waals surface area contributed by atoms with E-state index in [1.807, 2.05) is 24.3 Å². The van der Waals surface area contributed by atoms with Crippen LogP contribution in [-0.2, 0) is 11.3 Å². The predicted molar refractivity (Wildman–Crippen MR) is 110 cm³/mol. The number of nitrogens with one attached hydrogen (secondary N) is 2. The van der Waals surface area contributed by atoms with Crippen molar-refractivity contribution in [3.63, 3.8) is 0 Å². The van der Waals surface area contributed by atoms with E-state index in [9.17, 15) is 9.59 Å². The summed E-state index contributed by atoms with van der Waals surface area (Å²) in [5, 5.41) is 4.41. The van der Waals surface area contributed by atoms with Crippen molar-refractivity contribution in [2.75, 3.05) is 31.6 Å². The van der Waals surface area contributed by atoms with Crippen LogP contribution in [-0.4, -0.2) is 42.1 Å². The number of aromatic amines is 1. The first-order valence-corrected chi connectivity index (χ1v) is 9.50. The van der Waals surface area contributed by atoms with Crippen LogP contribution in [0, 0.1) is 0 Å². The number of ether oxygens (including phenoxy) is 1. The van der Waals surface area contributed by atoms with Gasteiger partial charge in [0.2, 0.25) is 0 Å². The van der Waals surface area contributed by atoms with Crippen molar-refractivity contribution in [1.29, 1.82) is 0 Å².